The Balaban J connectivity index is 2.58. The normalized spacial score (nSPS) is 9.64. The molecule has 0 aliphatic rings. The fourth-order valence-electron chi connectivity index (χ4n) is 1.20. The average Bonchev–Trinajstić information content (AvgIpc) is 2.61. The molecule has 0 fully saturated rings. The Bertz CT molecular complexity index is 482. The van der Waals surface area contributed by atoms with Crippen molar-refractivity contribution in [3.8, 4) is 17.3 Å². The van der Waals surface area contributed by atoms with Crippen LogP contribution in [0.25, 0.3) is 11.3 Å². The standard InChI is InChI=1S/C10H7N3S/c11-6-8-9(13-10(12)14-8)7-4-2-1-3-5-7/h1-5H,(H2,12,13). The van der Waals surface area contributed by atoms with E-state index in [0.29, 0.717) is 15.7 Å². The summed E-state index contributed by atoms with van der Waals surface area (Å²) in [4.78, 5) is 4.69. The van der Waals surface area contributed by atoms with Crippen molar-refractivity contribution in [2.45, 2.75) is 0 Å². The van der Waals surface area contributed by atoms with E-state index in [2.05, 4.69) is 11.1 Å². The van der Waals surface area contributed by atoms with E-state index >= 15 is 0 Å². The fraction of sp³-hybridized carbons (Fsp3) is 0. The van der Waals surface area contributed by atoms with Crippen LogP contribution in [-0.4, -0.2) is 4.98 Å². The highest BCUT2D eigenvalue weighted by Crippen LogP contribution is 2.28. The summed E-state index contributed by atoms with van der Waals surface area (Å²) in [5, 5.41) is 9.29. The minimum atomic E-state index is 0.431. The zero-order chi connectivity index (χ0) is 9.97. The van der Waals surface area contributed by atoms with Crippen LogP contribution in [0.3, 0.4) is 0 Å². The maximum Gasteiger partial charge on any atom is 0.181 e. The molecule has 1 aromatic carbocycles. The van der Waals surface area contributed by atoms with E-state index in [4.69, 9.17) is 11.0 Å². The second-order valence-corrected chi connectivity index (χ2v) is 3.74. The number of aromatic nitrogens is 1. The predicted octanol–water partition coefficient (Wildman–Crippen LogP) is 2.26. The van der Waals surface area contributed by atoms with Gasteiger partial charge in [-0.2, -0.15) is 5.26 Å². The Labute approximate surface area is 85.4 Å². The van der Waals surface area contributed by atoms with Gasteiger partial charge in [0.15, 0.2) is 5.13 Å². The van der Waals surface area contributed by atoms with Crippen LogP contribution >= 0.6 is 11.3 Å². The summed E-state index contributed by atoms with van der Waals surface area (Å²) in [6.07, 6.45) is 0. The molecular weight excluding hydrogens is 194 g/mol. The number of rotatable bonds is 1. The Kier molecular flexibility index (Phi) is 2.17. The number of nitrogen functional groups attached to an aromatic ring is 1. The molecule has 2 N–H and O–H groups in total. The highest BCUT2D eigenvalue weighted by molar-refractivity contribution is 7.16. The first-order chi connectivity index (χ1) is 6.81. The topological polar surface area (TPSA) is 62.7 Å². The maximum absolute atomic E-state index is 8.86. The zero-order valence-electron chi connectivity index (χ0n) is 7.27. The highest BCUT2D eigenvalue weighted by atomic mass is 32.1. The molecule has 0 atom stereocenters. The van der Waals surface area contributed by atoms with E-state index in [-0.39, 0.29) is 0 Å². The summed E-state index contributed by atoms with van der Waals surface area (Å²) >= 11 is 1.21. The summed E-state index contributed by atoms with van der Waals surface area (Å²) < 4.78 is 0. The van der Waals surface area contributed by atoms with Crippen molar-refractivity contribution in [1.82, 2.24) is 4.98 Å². The maximum atomic E-state index is 8.86. The van der Waals surface area contributed by atoms with Gasteiger partial charge < -0.3 is 5.73 Å². The van der Waals surface area contributed by atoms with E-state index in [1.165, 1.54) is 11.3 Å². The number of thiazole rings is 1. The molecule has 68 valence electrons. The third kappa shape index (κ3) is 1.45. The van der Waals surface area contributed by atoms with Crippen LogP contribution < -0.4 is 5.73 Å². The third-order valence-corrected chi connectivity index (χ3v) is 2.58. The molecule has 3 nitrogen and oxygen atoms in total. The van der Waals surface area contributed by atoms with Gasteiger partial charge in [0.05, 0.1) is 0 Å². The van der Waals surface area contributed by atoms with Crippen LogP contribution in [0.1, 0.15) is 4.88 Å². The molecule has 0 unspecified atom stereocenters. The number of hydrogen-bond donors (Lipinski definition) is 1. The minimum Gasteiger partial charge on any atom is -0.375 e. The van der Waals surface area contributed by atoms with Gasteiger partial charge in [0.25, 0.3) is 0 Å². The number of nitriles is 1. The number of benzene rings is 1. The SMILES string of the molecule is N#Cc1sc(N)nc1-c1ccccc1. The van der Waals surface area contributed by atoms with E-state index in [1.807, 2.05) is 30.3 Å². The molecule has 4 heteroatoms. The first kappa shape index (κ1) is 8.73. The van der Waals surface area contributed by atoms with Gasteiger partial charge in [-0.3, -0.25) is 0 Å². The molecular formula is C10H7N3S. The minimum absolute atomic E-state index is 0.431. The Morgan fingerprint density at radius 3 is 2.64 bits per heavy atom. The second-order valence-electron chi connectivity index (χ2n) is 2.71. The lowest BCUT2D eigenvalue weighted by Crippen LogP contribution is -1.83. The van der Waals surface area contributed by atoms with Gasteiger partial charge in [0.2, 0.25) is 0 Å². The molecule has 0 saturated carbocycles. The van der Waals surface area contributed by atoms with Crippen LogP contribution in [0.2, 0.25) is 0 Å². The Hall–Kier alpha value is -1.86. The van der Waals surface area contributed by atoms with Crippen molar-refractivity contribution in [2.24, 2.45) is 0 Å². The first-order valence-corrected chi connectivity index (χ1v) is 4.84. The Morgan fingerprint density at radius 2 is 2.00 bits per heavy atom. The van der Waals surface area contributed by atoms with Crippen molar-refractivity contribution in [2.75, 3.05) is 5.73 Å². The van der Waals surface area contributed by atoms with Crippen molar-refractivity contribution in [3.05, 3.63) is 35.2 Å². The van der Waals surface area contributed by atoms with Crippen molar-refractivity contribution >= 4 is 16.5 Å². The number of nitrogens with zero attached hydrogens (tertiary/aromatic N) is 2. The monoisotopic (exact) mass is 201 g/mol. The van der Waals surface area contributed by atoms with Gasteiger partial charge >= 0.3 is 0 Å². The van der Waals surface area contributed by atoms with Gasteiger partial charge in [0, 0.05) is 5.56 Å². The molecule has 0 aliphatic heterocycles. The zero-order valence-corrected chi connectivity index (χ0v) is 8.08. The summed E-state index contributed by atoms with van der Waals surface area (Å²) in [6.45, 7) is 0. The highest BCUT2D eigenvalue weighted by Gasteiger charge is 2.10. The Morgan fingerprint density at radius 1 is 1.29 bits per heavy atom. The number of hydrogen-bond acceptors (Lipinski definition) is 4. The fourth-order valence-corrected chi connectivity index (χ4v) is 1.86. The summed E-state index contributed by atoms with van der Waals surface area (Å²) in [5.41, 5.74) is 7.15. The van der Waals surface area contributed by atoms with Crippen LogP contribution in [0, 0.1) is 11.3 Å². The van der Waals surface area contributed by atoms with Crippen LogP contribution in [0.15, 0.2) is 30.3 Å². The second kappa shape index (κ2) is 3.48. The van der Waals surface area contributed by atoms with Crippen molar-refractivity contribution < 1.29 is 0 Å². The molecule has 0 amide bonds. The third-order valence-electron chi connectivity index (χ3n) is 1.79. The molecule has 0 spiro atoms. The van der Waals surface area contributed by atoms with Gasteiger partial charge in [0.1, 0.15) is 16.6 Å². The summed E-state index contributed by atoms with van der Waals surface area (Å²) in [7, 11) is 0. The molecule has 1 aromatic heterocycles. The van der Waals surface area contributed by atoms with E-state index in [0.717, 1.165) is 5.56 Å². The number of nitrogens with two attached hydrogens (primary N) is 1. The predicted molar refractivity (Wildman–Crippen MR) is 56.7 cm³/mol. The smallest absolute Gasteiger partial charge is 0.181 e. The molecule has 2 aromatic rings. The summed E-state index contributed by atoms with van der Waals surface area (Å²) in [5.74, 6) is 0. The van der Waals surface area contributed by atoms with E-state index in [9.17, 15) is 0 Å². The molecule has 2 rings (SSSR count). The van der Waals surface area contributed by atoms with Crippen LogP contribution in [0.5, 0.6) is 0 Å². The van der Waals surface area contributed by atoms with Gasteiger partial charge in [-0.05, 0) is 0 Å². The van der Waals surface area contributed by atoms with E-state index in [1.54, 1.807) is 0 Å². The lowest BCUT2D eigenvalue weighted by atomic mass is 10.1. The lowest BCUT2D eigenvalue weighted by Gasteiger charge is -1.94. The largest absolute Gasteiger partial charge is 0.375 e. The molecule has 0 aliphatic carbocycles. The average molecular weight is 201 g/mol. The molecule has 0 saturated heterocycles. The quantitative estimate of drug-likeness (QED) is 0.769. The van der Waals surface area contributed by atoms with Crippen molar-refractivity contribution in [1.29, 1.82) is 5.26 Å². The molecule has 0 radical (unpaired) electrons. The molecule has 0 bridgehead atoms. The lowest BCUT2D eigenvalue weighted by molar-refractivity contribution is 1.39. The van der Waals surface area contributed by atoms with Crippen LogP contribution in [-0.2, 0) is 0 Å². The first-order valence-electron chi connectivity index (χ1n) is 4.03. The van der Waals surface area contributed by atoms with Gasteiger partial charge in [-0.1, -0.05) is 41.7 Å². The van der Waals surface area contributed by atoms with E-state index < -0.39 is 0 Å². The molecule has 1 heterocycles. The van der Waals surface area contributed by atoms with Gasteiger partial charge in [-0.25, -0.2) is 4.98 Å². The van der Waals surface area contributed by atoms with Gasteiger partial charge in [-0.15, -0.1) is 0 Å². The molecule has 14 heavy (non-hydrogen) atoms. The summed E-state index contributed by atoms with van der Waals surface area (Å²) in [6, 6.07) is 11.7. The van der Waals surface area contributed by atoms with Crippen molar-refractivity contribution in [3.63, 3.8) is 0 Å². The van der Waals surface area contributed by atoms with Crippen LogP contribution in [0.4, 0.5) is 5.13 Å². The number of anilines is 1.